The van der Waals surface area contributed by atoms with Crippen molar-refractivity contribution in [2.45, 2.75) is 224 Å². The third kappa shape index (κ3) is 20.3. The van der Waals surface area contributed by atoms with Crippen molar-refractivity contribution < 1.29 is 57.8 Å². The van der Waals surface area contributed by atoms with Gasteiger partial charge < -0.3 is 55.4 Å². The topological polar surface area (TPSA) is 267 Å². The monoisotopic (exact) mass is 1210 g/mol. The van der Waals surface area contributed by atoms with Crippen LogP contribution < -0.4 is 16.0 Å². The molecule has 0 aliphatic carbocycles. The number of aliphatic hydroxyl groups is 1. The summed E-state index contributed by atoms with van der Waals surface area (Å²) in [6.07, 6.45) is 2.88. The molecule has 1 rings (SSSR count). The summed E-state index contributed by atoms with van der Waals surface area (Å²) in [5.41, 5.74) is 0. The number of amides is 10. The van der Waals surface area contributed by atoms with Crippen molar-refractivity contribution in [2.75, 3.05) is 55.4 Å². The molecule has 1 saturated heterocycles. The molecule has 1 aliphatic heterocycles. The smallest absolute Gasteiger partial charge is 0.246 e. The Hall–Kier alpha value is -5.93. The van der Waals surface area contributed by atoms with E-state index in [2.05, 4.69) is 16.0 Å². The van der Waals surface area contributed by atoms with Gasteiger partial charge >= 0.3 is 0 Å². The van der Waals surface area contributed by atoms with E-state index in [9.17, 15) is 43.5 Å². The van der Waals surface area contributed by atoms with Crippen LogP contribution in [0.25, 0.3) is 0 Å². The van der Waals surface area contributed by atoms with Gasteiger partial charge in [0.1, 0.15) is 48.3 Å². The fourth-order valence-electron chi connectivity index (χ4n) is 11.4. The fourth-order valence-corrected chi connectivity index (χ4v) is 11.4. The van der Waals surface area contributed by atoms with Gasteiger partial charge in [0.05, 0.1) is 18.7 Å². The summed E-state index contributed by atoms with van der Waals surface area (Å²) in [4.78, 5) is 170. The first-order valence-corrected chi connectivity index (χ1v) is 31.3. The molecule has 1 aliphatic rings. The molecule has 0 spiro atoms. The SMILES string of the molecule is C/C=C/C[C@@H](C)[C@@H](O)[C@H]1C(=O)NCC(=O)N(C)[C@@H](C)C(=O)N(CC)[C@@H](C(C)C)C(=O)N[C@@H](C(C)C)C(=O)N(C)C([C@@H](C)CC)C(=O)N[C@@H](C)C(=O)C[C@H](C(C)C)C(=O)N(C)[C@@H](CC(C)C)C(=O)N(C)[C@@H](CC(C)C)C(=O)N(C)[C@@H](C(C)C)C(=O)N1C. The Kier molecular flexibility index (Phi) is 31.9. The van der Waals surface area contributed by atoms with E-state index in [4.69, 9.17) is 0 Å². The van der Waals surface area contributed by atoms with Crippen LogP contribution in [0.2, 0.25) is 0 Å². The van der Waals surface area contributed by atoms with Gasteiger partial charge in [0.15, 0.2) is 5.78 Å². The van der Waals surface area contributed by atoms with Crippen LogP contribution in [0, 0.1) is 53.3 Å². The van der Waals surface area contributed by atoms with Gasteiger partial charge in [-0.25, -0.2) is 0 Å². The normalized spacial score (nSPS) is 27.2. The number of ketones is 1. The number of rotatable bonds is 15. The van der Waals surface area contributed by atoms with Crippen molar-refractivity contribution in [2.24, 2.45) is 53.3 Å². The largest absolute Gasteiger partial charge is 0.390 e. The van der Waals surface area contributed by atoms with Gasteiger partial charge in [-0.15, -0.1) is 0 Å². The third-order valence-electron chi connectivity index (χ3n) is 17.4. The number of nitrogens with zero attached hydrogens (tertiary/aromatic N) is 7. The second-order valence-electron chi connectivity index (χ2n) is 26.5. The summed E-state index contributed by atoms with van der Waals surface area (Å²) >= 11 is 0. The van der Waals surface area contributed by atoms with Crippen molar-refractivity contribution in [3.8, 4) is 0 Å². The zero-order valence-corrected chi connectivity index (χ0v) is 57.1. The van der Waals surface area contributed by atoms with E-state index in [1.54, 1.807) is 95.2 Å². The highest BCUT2D eigenvalue weighted by molar-refractivity contribution is 5.99. The predicted octanol–water partition coefficient (Wildman–Crippen LogP) is 4.61. The summed E-state index contributed by atoms with van der Waals surface area (Å²) in [5, 5.41) is 20.3. The number of allylic oxidation sites excluding steroid dienone is 2. The highest BCUT2D eigenvalue weighted by Crippen LogP contribution is 2.28. The fraction of sp³-hybridized carbons (Fsp3) is 0.797. The molecule has 0 aromatic carbocycles. The van der Waals surface area contributed by atoms with Gasteiger partial charge in [0, 0.05) is 61.2 Å². The minimum absolute atomic E-state index is 0.0176. The molecule has 13 atom stereocenters. The average Bonchev–Trinajstić information content (AvgIpc) is 1.81. The average molecular weight is 1220 g/mol. The molecule has 0 bridgehead atoms. The lowest BCUT2D eigenvalue weighted by Crippen LogP contribution is -2.63. The lowest BCUT2D eigenvalue weighted by molar-refractivity contribution is -0.157. The number of Topliss-reactive ketones (excluding diaryl/α,β-unsaturated/α-hetero) is 1. The number of nitrogens with one attached hydrogen (secondary N) is 3. The molecule has 0 aromatic rings. The Morgan fingerprint density at radius 1 is 0.523 bits per heavy atom. The minimum atomic E-state index is -1.60. The Labute approximate surface area is 516 Å². The first-order valence-electron chi connectivity index (χ1n) is 31.3. The van der Waals surface area contributed by atoms with Crippen molar-refractivity contribution >= 4 is 64.9 Å². The van der Waals surface area contributed by atoms with Crippen LogP contribution >= 0.6 is 0 Å². The van der Waals surface area contributed by atoms with E-state index in [1.165, 1.54) is 80.6 Å². The zero-order chi connectivity index (χ0) is 66.8. The Morgan fingerprint density at radius 2 is 0.988 bits per heavy atom. The molecular formula is C64H114N10O12. The predicted molar refractivity (Wildman–Crippen MR) is 334 cm³/mol. The number of carbonyl (C=O) groups is 11. The molecule has 1 heterocycles. The van der Waals surface area contributed by atoms with E-state index in [0.29, 0.717) is 12.8 Å². The molecule has 1 fully saturated rings. The summed E-state index contributed by atoms with van der Waals surface area (Å²) in [7, 11) is 8.61. The quantitative estimate of drug-likeness (QED) is 0.164. The molecule has 22 heteroatoms. The van der Waals surface area contributed by atoms with Gasteiger partial charge in [-0.3, -0.25) is 52.7 Å². The van der Waals surface area contributed by atoms with Crippen LogP contribution in [0.15, 0.2) is 12.2 Å². The maximum atomic E-state index is 15.2. The molecule has 0 radical (unpaired) electrons. The first kappa shape index (κ1) is 78.1. The molecule has 4 N–H and O–H groups in total. The molecule has 86 heavy (non-hydrogen) atoms. The van der Waals surface area contributed by atoms with Crippen LogP contribution in [0.4, 0.5) is 0 Å². The van der Waals surface area contributed by atoms with Gasteiger partial charge in [-0.05, 0) is 94.3 Å². The molecule has 0 saturated carbocycles. The van der Waals surface area contributed by atoms with E-state index in [1.807, 2.05) is 34.6 Å². The van der Waals surface area contributed by atoms with Crippen LogP contribution in [0.5, 0.6) is 0 Å². The maximum absolute atomic E-state index is 15.2. The molecule has 1 unspecified atom stereocenters. The van der Waals surface area contributed by atoms with Crippen LogP contribution in [0.1, 0.15) is 164 Å². The van der Waals surface area contributed by atoms with E-state index < -0.39 is 173 Å². The second-order valence-corrected chi connectivity index (χ2v) is 26.5. The Morgan fingerprint density at radius 3 is 1.43 bits per heavy atom. The van der Waals surface area contributed by atoms with E-state index >= 15 is 14.4 Å². The molecule has 22 nitrogen and oxygen atoms in total. The highest BCUT2D eigenvalue weighted by atomic mass is 16.3. The van der Waals surface area contributed by atoms with Crippen molar-refractivity contribution in [3.05, 3.63) is 12.2 Å². The number of hydrogen-bond acceptors (Lipinski definition) is 12. The second kappa shape index (κ2) is 35.2. The first-order chi connectivity index (χ1) is 39.7. The Balaban J connectivity index is 4.38. The van der Waals surface area contributed by atoms with E-state index in [-0.39, 0.29) is 37.6 Å². The third-order valence-corrected chi connectivity index (χ3v) is 17.4. The van der Waals surface area contributed by atoms with Crippen molar-refractivity contribution in [1.82, 2.24) is 50.2 Å². The summed E-state index contributed by atoms with van der Waals surface area (Å²) in [6.45, 7) is 32.7. The van der Waals surface area contributed by atoms with Crippen LogP contribution in [0.3, 0.4) is 0 Å². The molecule has 492 valence electrons. The standard InChI is InChI=1S/C64H114N10O12/c1-26-29-30-42(17)55(77)54-56(78)65-34-49(76)68(20)44(19)59(81)74(28-3)51(39(12)13)57(79)67-50(38(10)11)63(85)72(24)53(41(16)27-2)58(80)66-43(18)48(75)33-45(37(8)9)60(82)69(21)46(31-35(4)5)61(83)70(22)47(32-36(6)7)62(84)71(23)52(40(14)15)64(86)73(54)25/h26,29,35-47,50-55,77H,27-28,30-34H2,1-25H3,(H,65,78)(H,66,80)(H,67,79)/b29-26+/t41-,42+,43-,44-,45+,46-,47-,50-,51-,52-,53?,54-,55+/m0/s1. The number of likely N-dealkylation sites (N-methyl/N-ethyl adjacent to an activating group) is 7. The molecular weight excluding hydrogens is 1100 g/mol. The van der Waals surface area contributed by atoms with E-state index in [0.717, 1.165) is 9.80 Å². The molecule has 10 amide bonds. The van der Waals surface area contributed by atoms with Crippen LogP contribution in [-0.4, -0.2) is 220 Å². The summed E-state index contributed by atoms with van der Waals surface area (Å²) in [5.74, 6) is -11.2. The lowest BCUT2D eigenvalue weighted by Gasteiger charge is -2.41. The number of hydrogen-bond donors (Lipinski definition) is 4. The Bertz CT molecular complexity index is 2360. The lowest BCUT2D eigenvalue weighted by atomic mass is 9.87. The number of aliphatic hydroxyl groups excluding tert-OH is 1. The molecule has 0 aromatic heterocycles. The van der Waals surface area contributed by atoms with Gasteiger partial charge in [0.2, 0.25) is 59.1 Å². The van der Waals surface area contributed by atoms with Gasteiger partial charge in [-0.1, -0.05) is 122 Å². The zero-order valence-electron chi connectivity index (χ0n) is 57.1. The minimum Gasteiger partial charge on any atom is -0.390 e. The highest BCUT2D eigenvalue weighted by Gasteiger charge is 2.46. The summed E-state index contributed by atoms with van der Waals surface area (Å²) < 4.78 is 0. The maximum Gasteiger partial charge on any atom is 0.246 e. The number of carbonyl (C=O) groups excluding carboxylic acids is 11. The van der Waals surface area contributed by atoms with Crippen LogP contribution in [-0.2, 0) is 52.7 Å². The van der Waals surface area contributed by atoms with Gasteiger partial charge in [-0.2, -0.15) is 0 Å². The summed E-state index contributed by atoms with van der Waals surface area (Å²) in [6, 6.07) is -10.9. The van der Waals surface area contributed by atoms with Gasteiger partial charge in [0.25, 0.3) is 0 Å². The van der Waals surface area contributed by atoms with Crippen molar-refractivity contribution in [3.63, 3.8) is 0 Å². The van der Waals surface area contributed by atoms with Crippen molar-refractivity contribution in [1.29, 1.82) is 0 Å².